The van der Waals surface area contributed by atoms with Gasteiger partial charge in [-0.2, -0.15) is 4.31 Å². The molecule has 1 aliphatic heterocycles. The van der Waals surface area contributed by atoms with Gasteiger partial charge in [0.25, 0.3) is 0 Å². The van der Waals surface area contributed by atoms with Crippen LogP contribution in [-0.4, -0.2) is 47.1 Å². The number of benzene rings is 2. The average Bonchev–Trinajstić information content (AvgIpc) is 3.25. The van der Waals surface area contributed by atoms with Crippen molar-refractivity contribution in [1.82, 2.24) is 13.9 Å². The number of nitrogens with zero attached hydrogens (tertiary/aromatic N) is 3. The molecule has 0 unspecified atom stereocenters. The highest BCUT2D eigenvalue weighted by Gasteiger charge is 2.33. The Balaban J connectivity index is 1.41. The van der Waals surface area contributed by atoms with Crippen molar-refractivity contribution in [1.29, 1.82) is 0 Å². The Bertz CT molecular complexity index is 1270. The molecule has 1 N–H and O–H groups in total. The first-order valence-electron chi connectivity index (χ1n) is 10.4. The third-order valence-corrected chi connectivity index (χ3v) is 7.52. The number of aromatic nitrogens is 2. The van der Waals surface area contributed by atoms with E-state index in [4.69, 9.17) is 0 Å². The topological polar surface area (TPSA) is 101 Å². The van der Waals surface area contributed by atoms with Gasteiger partial charge in [0.2, 0.25) is 21.7 Å². The van der Waals surface area contributed by atoms with Gasteiger partial charge in [0.05, 0.1) is 10.8 Å². The monoisotopic (exact) mass is 470 g/mol. The first kappa shape index (κ1) is 22.8. The van der Waals surface area contributed by atoms with Crippen LogP contribution < -0.4 is 5.32 Å². The fraction of sp³-hybridized carbons (Fsp3) is 0.261. The van der Waals surface area contributed by atoms with Crippen molar-refractivity contribution in [3.05, 3.63) is 78.1 Å². The van der Waals surface area contributed by atoms with Crippen LogP contribution in [0.4, 0.5) is 10.1 Å². The van der Waals surface area contributed by atoms with Gasteiger partial charge in [0, 0.05) is 43.8 Å². The van der Waals surface area contributed by atoms with Crippen LogP contribution >= 0.6 is 0 Å². The summed E-state index contributed by atoms with van der Waals surface area (Å²) in [7, 11) is -2.08. The van der Waals surface area contributed by atoms with Gasteiger partial charge in [0.1, 0.15) is 5.82 Å². The number of aryl methyl sites for hydroxylation is 1. The van der Waals surface area contributed by atoms with Crippen LogP contribution in [0.2, 0.25) is 0 Å². The van der Waals surface area contributed by atoms with Gasteiger partial charge in [-0.15, -0.1) is 0 Å². The van der Waals surface area contributed by atoms with E-state index in [0.717, 1.165) is 12.1 Å². The summed E-state index contributed by atoms with van der Waals surface area (Å²) < 4.78 is 41.8. The van der Waals surface area contributed by atoms with E-state index in [2.05, 4.69) is 10.3 Å². The molecule has 2 heterocycles. The lowest BCUT2D eigenvalue weighted by Gasteiger charge is -2.31. The Morgan fingerprint density at radius 2 is 1.79 bits per heavy atom. The number of anilines is 1. The Labute approximate surface area is 191 Å². The Morgan fingerprint density at radius 1 is 1.09 bits per heavy atom. The number of amides is 1. The van der Waals surface area contributed by atoms with Crippen molar-refractivity contribution in [2.75, 3.05) is 18.4 Å². The summed E-state index contributed by atoms with van der Waals surface area (Å²) in [4.78, 5) is 29.4. The number of hydrogen-bond donors (Lipinski definition) is 1. The highest BCUT2D eigenvalue weighted by molar-refractivity contribution is 7.89. The molecule has 1 amide bonds. The fourth-order valence-corrected chi connectivity index (χ4v) is 5.32. The predicted octanol–water partition coefficient (Wildman–Crippen LogP) is 2.83. The molecular formula is C23H23FN4O4S. The zero-order chi connectivity index (χ0) is 23.6. The molecular weight excluding hydrogens is 447 g/mol. The minimum Gasteiger partial charge on any atom is -0.331 e. The number of imidazole rings is 1. The zero-order valence-corrected chi connectivity index (χ0v) is 18.8. The molecule has 3 aromatic rings. The number of piperidine rings is 1. The van der Waals surface area contributed by atoms with Crippen molar-refractivity contribution in [3.63, 3.8) is 0 Å². The minimum atomic E-state index is -3.82. The second kappa shape index (κ2) is 9.24. The van der Waals surface area contributed by atoms with E-state index in [0.29, 0.717) is 36.5 Å². The number of halogens is 1. The van der Waals surface area contributed by atoms with E-state index in [9.17, 15) is 22.4 Å². The summed E-state index contributed by atoms with van der Waals surface area (Å²) >= 11 is 0. The lowest BCUT2D eigenvalue weighted by molar-refractivity contribution is -0.120. The minimum absolute atomic E-state index is 0.00192. The normalized spacial score (nSPS) is 17.0. The Kier molecular flexibility index (Phi) is 6.39. The van der Waals surface area contributed by atoms with E-state index in [1.165, 1.54) is 16.4 Å². The molecule has 1 aliphatic rings. The van der Waals surface area contributed by atoms with Gasteiger partial charge in [-0.3, -0.25) is 9.59 Å². The summed E-state index contributed by atoms with van der Waals surface area (Å²) in [6.45, 7) is 0.342. The molecule has 4 rings (SSSR count). The quantitative estimate of drug-likeness (QED) is 0.559. The summed E-state index contributed by atoms with van der Waals surface area (Å²) in [5, 5.41) is 2.80. The number of nitrogens with one attached hydrogen (secondary N) is 1. The SMILES string of the molecule is Cn1ccnc1C(=O)c1ccc(NC(=O)[C@H]2CCCN(S(=O)(=O)c3ccc(F)cc3)C2)cc1. The summed E-state index contributed by atoms with van der Waals surface area (Å²) in [5.41, 5.74) is 0.950. The number of rotatable bonds is 6. The molecule has 0 bridgehead atoms. The van der Waals surface area contributed by atoms with Crippen LogP contribution in [0.15, 0.2) is 65.8 Å². The van der Waals surface area contributed by atoms with Crippen LogP contribution in [0.3, 0.4) is 0 Å². The van der Waals surface area contributed by atoms with Crippen LogP contribution in [0, 0.1) is 11.7 Å². The molecule has 1 aromatic heterocycles. The third kappa shape index (κ3) is 4.86. The molecule has 0 spiro atoms. The lowest BCUT2D eigenvalue weighted by atomic mass is 9.98. The van der Waals surface area contributed by atoms with Gasteiger partial charge in [-0.05, 0) is 61.4 Å². The Morgan fingerprint density at radius 3 is 2.42 bits per heavy atom. The van der Waals surface area contributed by atoms with Gasteiger partial charge >= 0.3 is 0 Å². The fourth-order valence-electron chi connectivity index (χ4n) is 3.79. The summed E-state index contributed by atoms with van der Waals surface area (Å²) in [6, 6.07) is 11.1. The van der Waals surface area contributed by atoms with E-state index in [-0.39, 0.29) is 23.1 Å². The second-order valence-electron chi connectivity index (χ2n) is 7.91. The molecule has 2 aromatic carbocycles. The highest BCUT2D eigenvalue weighted by atomic mass is 32.2. The number of carbonyl (C=O) groups is 2. The van der Waals surface area contributed by atoms with Crippen LogP contribution in [-0.2, 0) is 21.9 Å². The second-order valence-corrected chi connectivity index (χ2v) is 9.85. The van der Waals surface area contributed by atoms with Gasteiger partial charge in [-0.25, -0.2) is 17.8 Å². The standard InChI is InChI=1S/C23H23FN4O4S/c1-27-14-12-25-22(27)21(29)16-4-8-19(9-5-16)26-23(30)17-3-2-13-28(15-17)33(31,32)20-10-6-18(24)7-11-20/h4-12,14,17H,2-3,13,15H2,1H3,(H,26,30)/t17-/m0/s1. The highest BCUT2D eigenvalue weighted by Crippen LogP contribution is 2.25. The van der Waals surface area contributed by atoms with Crippen LogP contribution in [0.1, 0.15) is 29.0 Å². The van der Waals surface area contributed by atoms with Crippen molar-refractivity contribution in [2.45, 2.75) is 17.7 Å². The molecule has 10 heteroatoms. The largest absolute Gasteiger partial charge is 0.331 e. The van der Waals surface area contributed by atoms with E-state index in [1.54, 1.807) is 48.3 Å². The van der Waals surface area contributed by atoms with Crippen LogP contribution in [0.5, 0.6) is 0 Å². The van der Waals surface area contributed by atoms with Crippen LogP contribution in [0.25, 0.3) is 0 Å². The average molecular weight is 471 g/mol. The van der Waals surface area contributed by atoms with E-state index < -0.39 is 21.8 Å². The predicted molar refractivity (Wildman–Crippen MR) is 120 cm³/mol. The van der Waals surface area contributed by atoms with Gasteiger partial charge in [0.15, 0.2) is 5.82 Å². The molecule has 33 heavy (non-hydrogen) atoms. The van der Waals surface area contributed by atoms with E-state index >= 15 is 0 Å². The van der Waals surface area contributed by atoms with Gasteiger partial charge in [-0.1, -0.05) is 0 Å². The number of hydrogen-bond acceptors (Lipinski definition) is 5. The first-order valence-corrected chi connectivity index (χ1v) is 11.9. The molecule has 0 radical (unpaired) electrons. The zero-order valence-electron chi connectivity index (χ0n) is 17.9. The maximum Gasteiger partial charge on any atom is 0.243 e. The van der Waals surface area contributed by atoms with Crippen molar-refractivity contribution < 1.29 is 22.4 Å². The maximum absolute atomic E-state index is 13.2. The summed E-state index contributed by atoms with van der Waals surface area (Å²) in [5.74, 6) is -1.25. The molecule has 172 valence electrons. The summed E-state index contributed by atoms with van der Waals surface area (Å²) in [6.07, 6.45) is 4.32. The van der Waals surface area contributed by atoms with Crippen molar-refractivity contribution in [2.24, 2.45) is 13.0 Å². The number of carbonyl (C=O) groups excluding carboxylic acids is 2. The van der Waals surface area contributed by atoms with E-state index in [1.807, 2.05) is 0 Å². The molecule has 8 nitrogen and oxygen atoms in total. The molecule has 1 fully saturated rings. The number of ketones is 1. The molecule has 1 atom stereocenters. The van der Waals surface area contributed by atoms with Crippen molar-refractivity contribution in [3.8, 4) is 0 Å². The number of sulfonamides is 1. The molecule has 0 saturated carbocycles. The van der Waals surface area contributed by atoms with Gasteiger partial charge < -0.3 is 9.88 Å². The lowest BCUT2D eigenvalue weighted by Crippen LogP contribution is -2.43. The smallest absolute Gasteiger partial charge is 0.243 e. The third-order valence-electron chi connectivity index (χ3n) is 5.65. The Hall–Kier alpha value is -3.37. The molecule has 1 saturated heterocycles. The molecule has 0 aliphatic carbocycles. The maximum atomic E-state index is 13.2. The first-order chi connectivity index (χ1) is 15.8. The van der Waals surface area contributed by atoms with Crippen molar-refractivity contribution >= 4 is 27.4 Å².